The van der Waals surface area contributed by atoms with Crippen molar-refractivity contribution in [3.63, 3.8) is 0 Å². The van der Waals surface area contributed by atoms with E-state index in [1.165, 1.54) is 21.6 Å². The SMILES string of the molecule is COc1cccc(-c2cc(-c3ccc(OC)c(C)c3)cs2)c1. The van der Waals surface area contributed by atoms with Gasteiger partial charge in [-0.25, -0.2) is 0 Å². The molecule has 3 aromatic rings. The molecule has 2 nitrogen and oxygen atoms in total. The number of ether oxygens (including phenoxy) is 2. The van der Waals surface area contributed by atoms with E-state index < -0.39 is 0 Å². The molecule has 0 spiro atoms. The molecule has 0 bridgehead atoms. The standard InChI is InChI=1S/C19H18O2S/c1-13-9-14(7-8-18(13)21-3)16-11-19(22-12-16)15-5-4-6-17(10-15)20-2/h4-12H,1-3H3. The molecule has 0 fully saturated rings. The van der Waals surface area contributed by atoms with Crippen LogP contribution in [0, 0.1) is 6.92 Å². The summed E-state index contributed by atoms with van der Waals surface area (Å²) in [7, 11) is 3.40. The van der Waals surface area contributed by atoms with Gasteiger partial charge in [0.15, 0.2) is 0 Å². The molecular formula is C19H18O2S. The minimum atomic E-state index is 0.882. The normalized spacial score (nSPS) is 10.5. The highest BCUT2D eigenvalue weighted by Gasteiger charge is 2.07. The predicted octanol–water partition coefficient (Wildman–Crippen LogP) is 5.41. The highest BCUT2D eigenvalue weighted by atomic mass is 32.1. The van der Waals surface area contributed by atoms with Crippen LogP contribution in [0.4, 0.5) is 0 Å². The summed E-state index contributed by atoms with van der Waals surface area (Å²) in [5, 5.41) is 2.19. The van der Waals surface area contributed by atoms with Gasteiger partial charge in [0.2, 0.25) is 0 Å². The van der Waals surface area contributed by atoms with E-state index >= 15 is 0 Å². The summed E-state index contributed by atoms with van der Waals surface area (Å²) in [6.07, 6.45) is 0. The number of benzene rings is 2. The second-order valence-corrected chi connectivity index (χ2v) is 6.03. The quantitative estimate of drug-likeness (QED) is 0.641. The van der Waals surface area contributed by atoms with E-state index in [4.69, 9.17) is 9.47 Å². The molecule has 3 rings (SSSR count). The monoisotopic (exact) mass is 310 g/mol. The molecule has 0 aliphatic rings. The summed E-state index contributed by atoms with van der Waals surface area (Å²) in [5.41, 5.74) is 4.77. The zero-order chi connectivity index (χ0) is 15.5. The number of rotatable bonds is 4. The Kier molecular flexibility index (Phi) is 4.16. The van der Waals surface area contributed by atoms with Crippen molar-refractivity contribution in [1.29, 1.82) is 0 Å². The van der Waals surface area contributed by atoms with Crippen LogP contribution in [0.25, 0.3) is 21.6 Å². The Morgan fingerprint density at radius 1 is 0.818 bits per heavy atom. The van der Waals surface area contributed by atoms with Gasteiger partial charge in [-0.3, -0.25) is 0 Å². The minimum Gasteiger partial charge on any atom is -0.497 e. The van der Waals surface area contributed by atoms with Crippen LogP contribution in [0.1, 0.15) is 5.56 Å². The van der Waals surface area contributed by atoms with Crippen LogP contribution >= 0.6 is 11.3 Å². The first-order chi connectivity index (χ1) is 10.7. The molecule has 22 heavy (non-hydrogen) atoms. The Bertz CT molecular complexity index is 790. The Hall–Kier alpha value is -2.26. The van der Waals surface area contributed by atoms with E-state index in [-0.39, 0.29) is 0 Å². The van der Waals surface area contributed by atoms with Crippen molar-refractivity contribution in [3.8, 4) is 33.1 Å². The molecule has 0 radical (unpaired) electrons. The van der Waals surface area contributed by atoms with Crippen LogP contribution in [-0.2, 0) is 0 Å². The Morgan fingerprint density at radius 3 is 2.41 bits per heavy atom. The van der Waals surface area contributed by atoms with Crippen LogP contribution in [0.3, 0.4) is 0 Å². The average Bonchev–Trinajstić information content (AvgIpc) is 3.05. The third kappa shape index (κ3) is 2.85. The summed E-state index contributed by atoms with van der Waals surface area (Å²) < 4.78 is 10.6. The molecule has 2 aromatic carbocycles. The van der Waals surface area contributed by atoms with Gasteiger partial charge in [-0.05, 0) is 64.9 Å². The summed E-state index contributed by atoms with van der Waals surface area (Å²) >= 11 is 1.75. The topological polar surface area (TPSA) is 18.5 Å². The number of aryl methyl sites for hydroxylation is 1. The highest BCUT2D eigenvalue weighted by Crippen LogP contribution is 2.35. The van der Waals surface area contributed by atoms with Gasteiger partial charge < -0.3 is 9.47 Å². The summed E-state index contributed by atoms with van der Waals surface area (Å²) in [6, 6.07) is 16.7. The third-order valence-corrected chi connectivity index (χ3v) is 4.66. The molecule has 0 saturated heterocycles. The summed E-state index contributed by atoms with van der Waals surface area (Å²) in [4.78, 5) is 1.24. The molecule has 0 atom stereocenters. The Labute approximate surface area is 135 Å². The lowest BCUT2D eigenvalue weighted by Gasteiger charge is -2.06. The Balaban J connectivity index is 1.94. The van der Waals surface area contributed by atoms with Crippen molar-refractivity contribution in [1.82, 2.24) is 0 Å². The maximum Gasteiger partial charge on any atom is 0.121 e. The van der Waals surface area contributed by atoms with Crippen LogP contribution in [-0.4, -0.2) is 14.2 Å². The zero-order valence-electron chi connectivity index (χ0n) is 12.9. The first-order valence-corrected chi connectivity index (χ1v) is 7.97. The number of hydrogen-bond acceptors (Lipinski definition) is 3. The van der Waals surface area contributed by atoms with Crippen molar-refractivity contribution in [2.75, 3.05) is 14.2 Å². The maximum atomic E-state index is 5.32. The van der Waals surface area contributed by atoms with E-state index in [0.29, 0.717) is 0 Å². The van der Waals surface area contributed by atoms with Crippen molar-refractivity contribution in [3.05, 3.63) is 59.5 Å². The molecule has 0 N–H and O–H groups in total. The van der Waals surface area contributed by atoms with Crippen LogP contribution < -0.4 is 9.47 Å². The van der Waals surface area contributed by atoms with Crippen molar-refractivity contribution in [2.24, 2.45) is 0 Å². The van der Waals surface area contributed by atoms with Gasteiger partial charge in [-0.2, -0.15) is 0 Å². The Morgan fingerprint density at radius 2 is 1.68 bits per heavy atom. The van der Waals surface area contributed by atoms with Crippen LogP contribution in [0.2, 0.25) is 0 Å². The van der Waals surface area contributed by atoms with E-state index in [1.807, 2.05) is 18.2 Å². The predicted molar refractivity (Wildman–Crippen MR) is 93.0 cm³/mol. The van der Waals surface area contributed by atoms with Gasteiger partial charge in [-0.15, -0.1) is 11.3 Å². The molecular weight excluding hydrogens is 292 g/mol. The first kappa shape index (κ1) is 14.7. The highest BCUT2D eigenvalue weighted by molar-refractivity contribution is 7.14. The molecule has 0 saturated carbocycles. The fraction of sp³-hybridized carbons (Fsp3) is 0.158. The van der Waals surface area contributed by atoms with Crippen LogP contribution in [0.5, 0.6) is 11.5 Å². The summed E-state index contributed by atoms with van der Waals surface area (Å²) in [6.45, 7) is 2.07. The molecule has 3 heteroatoms. The average molecular weight is 310 g/mol. The van der Waals surface area contributed by atoms with Gasteiger partial charge >= 0.3 is 0 Å². The lowest BCUT2D eigenvalue weighted by atomic mass is 10.0. The fourth-order valence-electron chi connectivity index (χ4n) is 2.47. The third-order valence-electron chi connectivity index (χ3n) is 3.68. The molecule has 112 valence electrons. The lowest BCUT2D eigenvalue weighted by molar-refractivity contribution is 0.412. The zero-order valence-corrected chi connectivity index (χ0v) is 13.7. The molecule has 1 heterocycles. The van der Waals surface area contributed by atoms with Gasteiger partial charge in [0.05, 0.1) is 14.2 Å². The van der Waals surface area contributed by atoms with Crippen molar-refractivity contribution in [2.45, 2.75) is 6.92 Å². The smallest absolute Gasteiger partial charge is 0.121 e. The van der Waals surface area contributed by atoms with E-state index in [9.17, 15) is 0 Å². The number of thiophene rings is 1. The first-order valence-electron chi connectivity index (χ1n) is 7.09. The summed E-state index contributed by atoms with van der Waals surface area (Å²) in [5.74, 6) is 1.81. The van der Waals surface area contributed by atoms with Gasteiger partial charge in [0, 0.05) is 4.88 Å². The second kappa shape index (κ2) is 6.24. The molecule has 0 unspecified atom stereocenters. The minimum absolute atomic E-state index is 0.882. The molecule has 0 aliphatic carbocycles. The molecule has 1 aromatic heterocycles. The van der Waals surface area contributed by atoms with Crippen molar-refractivity contribution < 1.29 is 9.47 Å². The van der Waals surface area contributed by atoms with E-state index in [1.54, 1.807) is 25.6 Å². The van der Waals surface area contributed by atoms with E-state index in [0.717, 1.165) is 17.1 Å². The lowest BCUT2D eigenvalue weighted by Crippen LogP contribution is -1.87. The van der Waals surface area contributed by atoms with Gasteiger partial charge in [0.1, 0.15) is 11.5 Å². The number of methoxy groups -OCH3 is 2. The van der Waals surface area contributed by atoms with Crippen molar-refractivity contribution >= 4 is 11.3 Å². The van der Waals surface area contributed by atoms with E-state index in [2.05, 4.69) is 42.6 Å². The van der Waals surface area contributed by atoms with Crippen LogP contribution in [0.15, 0.2) is 53.9 Å². The fourth-order valence-corrected chi connectivity index (χ4v) is 3.39. The second-order valence-electron chi connectivity index (χ2n) is 5.12. The van der Waals surface area contributed by atoms with Gasteiger partial charge in [-0.1, -0.05) is 18.2 Å². The van der Waals surface area contributed by atoms with Gasteiger partial charge in [0.25, 0.3) is 0 Å². The maximum absolute atomic E-state index is 5.32. The molecule has 0 aliphatic heterocycles. The largest absolute Gasteiger partial charge is 0.497 e. The molecule has 0 amide bonds. The number of hydrogen-bond donors (Lipinski definition) is 0.